The number of methoxy groups -OCH3 is 1. The molecule has 1 heterocycles. The van der Waals surface area contributed by atoms with E-state index in [1.165, 1.54) is 39.2 Å². The highest BCUT2D eigenvalue weighted by Gasteiger charge is 2.38. The maximum atomic E-state index is 12.3. The summed E-state index contributed by atoms with van der Waals surface area (Å²) in [6, 6.07) is 0.263. The summed E-state index contributed by atoms with van der Waals surface area (Å²) in [4.78, 5) is 14.2. The molecule has 0 N–H and O–H groups in total. The Labute approximate surface area is 136 Å². The third-order valence-corrected chi connectivity index (χ3v) is 5.48. The van der Waals surface area contributed by atoms with Gasteiger partial charge in [0.1, 0.15) is 0 Å². The van der Waals surface area contributed by atoms with Gasteiger partial charge in [0.25, 0.3) is 0 Å². The molecule has 5 heteroatoms. The van der Waals surface area contributed by atoms with Crippen LogP contribution in [0.5, 0.6) is 0 Å². The molecular weight excluding hydrogens is 294 g/mol. The first kappa shape index (κ1) is 17.4. The highest BCUT2D eigenvalue weighted by Crippen LogP contribution is 2.36. The van der Waals surface area contributed by atoms with E-state index in [4.69, 9.17) is 9.16 Å². The van der Waals surface area contributed by atoms with E-state index in [0.29, 0.717) is 5.92 Å². The zero-order valence-corrected chi connectivity index (χ0v) is 15.7. The number of carbonyl (C=O) groups is 1. The van der Waals surface area contributed by atoms with Gasteiger partial charge in [-0.05, 0) is 51.4 Å². The molecule has 0 bridgehead atoms. The van der Waals surface area contributed by atoms with Gasteiger partial charge in [0.2, 0.25) is 8.32 Å². The molecule has 126 valence electrons. The largest absolute Gasteiger partial charge is 0.547 e. The van der Waals surface area contributed by atoms with Crippen molar-refractivity contribution in [3.05, 3.63) is 11.8 Å². The number of hydrogen-bond acceptors (Lipinski definition) is 3. The summed E-state index contributed by atoms with van der Waals surface area (Å²) < 4.78 is 11.3. The molecule has 1 fully saturated rings. The lowest BCUT2D eigenvalue weighted by atomic mass is 9.81. The van der Waals surface area contributed by atoms with Crippen molar-refractivity contribution in [2.24, 2.45) is 5.92 Å². The molecular formula is C17H31NO3Si. The Morgan fingerprint density at radius 1 is 1.23 bits per heavy atom. The Morgan fingerprint density at radius 2 is 1.86 bits per heavy atom. The van der Waals surface area contributed by atoms with Crippen LogP contribution in [0, 0.1) is 5.92 Å². The number of rotatable bonds is 3. The standard InChI is InChI=1S/C17H31NO3Si/c1-13-11-15(21-22(3,4)5)12-16(18(13)17(19)20-2)14-9-7-6-8-10-14/h12-14,16H,6-11H2,1-5H3. The van der Waals surface area contributed by atoms with Gasteiger partial charge in [-0.25, -0.2) is 4.79 Å². The summed E-state index contributed by atoms with van der Waals surface area (Å²) in [7, 11) is -0.137. The number of hydrogen-bond donors (Lipinski definition) is 0. The van der Waals surface area contributed by atoms with Crippen LogP contribution in [-0.2, 0) is 9.16 Å². The van der Waals surface area contributed by atoms with E-state index in [0.717, 1.165) is 12.2 Å². The summed E-state index contributed by atoms with van der Waals surface area (Å²) in [5, 5.41) is 0. The van der Waals surface area contributed by atoms with Gasteiger partial charge in [-0.3, -0.25) is 4.90 Å². The van der Waals surface area contributed by atoms with Crippen molar-refractivity contribution in [2.75, 3.05) is 7.11 Å². The number of carbonyl (C=O) groups excluding carboxylic acids is 1. The Hall–Kier alpha value is -0.973. The predicted octanol–water partition coefficient (Wildman–Crippen LogP) is 4.53. The number of ether oxygens (including phenoxy) is 1. The number of amides is 1. The fraction of sp³-hybridized carbons (Fsp3) is 0.824. The summed E-state index contributed by atoms with van der Waals surface area (Å²) >= 11 is 0. The third-order valence-electron chi connectivity index (χ3n) is 4.60. The average Bonchev–Trinajstić information content (AvgIpc) is 2.45. The molecule has 2 unspecified atom stereocenters. The molecule has 0 aromatic rings. The van der Waals surface area contributed by atoms with Gasteiger partial charge in [-0.15, -0.1) is 0 Å². The molecule has 1 aliphatic heterocycles. The summed E-state index contributed by atoms with van der Waals surface area (Å²) in [5.74, 6) is 1.62. The zero-order valence-electron chi connectivity index (χ0n) is 14.7. The lowest BCUT2D eigenvalue weighted by Gasteiger charge is -2.43. The molecule has 0 aromatic carbocycles. The van der Waals surface area contributed by atoms with Gasteiger partial charge in [0.05, 0.1) is 18.9 Å². The second kappa shape index (κ2) is 7.07. The monoisotopic (exact) mass is 325 g/mol. The molecule has 0 aromatic heterocycles. The molecule has 1 aliphatic carbocycles. The second-order valence-corrected chi connectivity index (χ2v) is 12.1. The van der Waals surface area contributed by atoms with E-state index in [-0.39, 0.29) is 18.2 Å². The van der Waals surface area contributed by atoms with Crippen LogP contribution in [0.2, 0.25) is 19.6 Å². The van der Waals surface area contributed by atoms with Gasteiger partial charge in [0.15, 0.2) is 0 Å². The Morgan fingerprint density at radius 3 is 2.41 bits per heavy atom. The zero-order chi connectivity index (χ0) is 16.3. The quantitative estimate of drug-likeness (QED) is 0.716. The van der Waals surface area contributed by atoms with Crippen LogP contribution in [-0.4, -0.2) is 38.5 Å². The summed E-state index contributed by atoms with van der Waals surface area (Å²) in [6.45, 7) is 8.73. The maximum Gasteiger partial charge on any atom is 0.410 e. The summed E-state index contributed by atoms with van der Waals surface area (Å²) in [6.07, 6.45) is 9.05. The van der Waals surface area contributed by atoms with E-state index >= 15 is 0 Å². The SMILES string of the molecule is COC(=O)N1C(C)CC(O[Si](C)(C)C)=CC1C1CCCCC1. The van der Waals surface area contributed by atoms with Crippen molar-refractivity contribution in [2.45, 2.75) is 77.2 Å². The van der Waals surface area contributed by atoms with Crippen molar-refractivity contribution in [1.82, 2.24) is 4.90 Å². The van der Waals surface area contributed by atoms with Crippen LogP contribution in [0.25, 0.3) is 0 Å². The Balaban J connectivity index is 2.25. The van der Waals surface area contributed by atoms with E-state index in [9.17, 15) is 4.79 Å². The van der Waals surface area contributed by atoms with Gasteiger partial charge >= 0.3 is 6.09 Å². The van der Waals surface area contributed by atoms with Gasteiger partial charge in [-0.1, -0.05) is 19.3 Å². The van der Waals surface area contributed by atoms with Gasteiger partial charge < -0.3 is 9.16 Å². The predicted molar refractivity (Wildman–Crippen MR) is 91.2 cm³/mol. The molecule has 4 nitrogen and oxygen atoms in total. The van der Waals surface area contributed by atoms with Crippen LogP contribution in [0.3, 0.4) is 0 Å². The molecule has 2 aliphatic rings. The van der Waals surface area contributed by atoms with Crippen LogP contribution in [0.1, 0.15) is 45.4 Å². The Kier molecular flexibility index (Phi) is 5.58. The normalized spacial score (nSPS) is 27.3. The van der Waals surface area contributed by atoms with Crippen LogP contribution < -0.4 is 0 Å². The Bertz CT molecular complexity index is 424. The van der Waals surface area contributed by atoms with Gasteiger partial charge in [-0.2, -0.15) is 0 Å². The number of nitrogens with zero attached hydrogens (tertiary/aromatic N) is 1. The molecule has 2 atom stereocenters. The highest BCUT2D eigenvalue weighted by atomic mass is 28.4. The minimum absolute atomic E-state index is 0.128. The molecule has 0 radical (unpaired) electrons. The second-order valence-electron chi connectivity index (χ2n) is 7.67. The fourth-order valence-corrected chi connectivity index (χ4v) is 4.68. The third kappa shape index (κ3) is 4.28. The topological polar surface area (TPSA) is 38.8 Å². The van der Waals surface area contributed by atoms with Crippen molar-refractivity contribution in [3.8, 4) is 0 Å². The average molecular weight is 326 g/mol. The molecule has 22 heavy (non-hydrogen) atoms. The van der Waals surface area contributed by atoms with Crippen molar-refractivity contribution in [3.63, 3.8) is 0 Å². The molecule has 1 saturated carbocycles. The van der Waals surface area contributed by atoms with Crippen molar-refractivity contribution in [1.29, 1.82) is 0 Å². The van der Waals surface area contributed by atoms with Crippen LogP contribution >= 0.6 is 0 Å². The first-order valence-corrected chi connectivity index (χ1v) is 12.0. The summed E-state index contributed by atoms with van der Waals surface area (Å²) in [5.41, 5.74) is 0. The fourth-order valence-electron chi connectivity index (χ4n) is 3.74. The van der Waals surface area contributed by atoms with Crippen LogP contribution in [0.4, 0.5) is 4.79 Å². The molecule has 0 spiro atoms. The van der Waals surface area contributed by atoms with Crippen molar-refractivity contribution >= 4 is 14.4 Å². The molecule has 2 rings (SSSR count). The lowest BCUT2D eigenvalue weighted by molar-refractivity contribution is 0.0631. The maximum absolute atomic E-state index is 12.3. The smallest absolute Gasteiger partial charge is 0.410 e. The highest BCUT2D eigenvalue weighted by molar-refractivity contribution is 6.70. The van der Waals surface area contributed by atoms with E-state index in [1.807, 2.05) is 4.90 Å². The van der Waals surface area contributed by atoms with Crippen LogP contribution in [0.15, 0.2) is 11.8 Å². The lowest BCUT2D eigenvalue weighted by Crippen LogP contribution is -2.51. The van der Waals surface area contributed by atoms with E-state index in [2.05, 4.69) is 32.6 Å². The molecule has 1 amide bonds. The van der Waals surface area contributed by atoms with Gasteiger partial charge in [0, 0.05) is 12.5 Å². The first-order valence-electron chi connectivity index (χ1n) is 8.58. The van der Waals surface area contributed by atoms with E-state index in [1.54, 1.807) is 0 Å². The minimum Gasteiger partial charge on any atom is -0.547 e. The van der Waals surface area contributed by atoms with Crippen molar-refractivity contribution < 1.29 is 14.0 Å². The van der Waals surface area contributed by atoms with E-state index < -0.39 is 8.32 Å². The molecule has 0 saturated heterocycles. The minimum atomic E-state index is -1.61. The first-order chi connectivity index (χ1) is 10.3.